The van der Waals surface area contributed by atoms with Crippen molar-refractivity contribution < 1.29 is 66.3 Å². The van der Waals surface area contributed by atoms with E-state index in [1.165, 1.54) is 44.6 Å². The van der Waals surface area contributed by atoms with Gasteiger partial charge in [0.15, 0.2) is 11.9 Å². The third-order valence-electron chi connectivity index (χ3n) is 8.23. The molecule has 0 aromatic rings. The number of carbonyl (C=O) groups excluding carboxylic acids is 3. The van der Waals surface area contributed by atoms with Crippen molar-refractivity contribution in [2.45, 2.75) is 149 Å². The van der Waals surface area contributed by atoms with E-state index in [-0.39, 0.29) is 31.5 Å². The number of ketones is 1. The molecule has 0 aromatic carbocycles. The van der Waals surface area contributed by atoms with Crippen molar-refractivity contribution in [3.63, 3.8) is 0 Å². The van der Waals surface area contributed by atoms with Gasteiger partial charge in [0.2, 0.25) is 0 Å². The normalized spacial score (nSPS) is 15.2. The molecular formula is C39H68O14P2. The van der Waals surface area contributed by atoms with Crippen LogP contribution in [-0.4, -0.2) is 76.1 Å². The highest BCUT2D eigenvalue weighted by Crippen LogP contribution is 2.43. The Bertz CT molecular complexity index is 1240. The van der Waals surface area contributed by atoms with E-state index in [4.69, 9.17) is 23.8 Å². The Morgan fingerprint density at radius 2 is 1.27 bits per heavy atom. The van der Waals surface area contributed by atoms with Crippen LogP contribution in [0.25, 0.3) is 0 Å². The molecule has 0 saturated carbocycles. The van der Waals surface area contributed by atoms with Gasteiger partial charge in [0, 0.05) is 19.3 Å². The Labute approximate surface area is 328 Å². The van der Waals surface area contributed by atoms with Crippen LogP contribution in [-0.2, 0) is 46.6 Å². The highest BCUT2D eigenvalue weighted by molar-refractivity contribution is 7.47. The van der Waals surface area contributed by atoms with E-state index in [1.54, 1.807) is 12.2 Å². The minimum absolute atomic E-state index is 0.0751. The zero-order valence-electron chi connectivity index (χ0n) is 33.2. The van der Waals surface area contributed by atoms with Gasteiger partial charge >= 0.3 is 27.6 Å². The first-order valence-electron chi connectivity index (χ1n) is 19.7. The number of allylic oxidation sites excluding steroid dienone is 8. The number of hydrogen-bond donors (Lipinski definition) is 4. The zero-order chi connectivity index (χ0) is 41.2. The summed E-state index contributed by atoms with van der Waals surface area (Å²) in [5.74, 6) is -0.748. The average Bonchev–Trinajstić information content (AvgIpc) is 3.13. The summed E-state index contributed by atoms with van der Waals surface area (Å²) in [7, 11) is -9.75. The lowest BCUT2D eigenvalue weighted by Crippen LogP contribution is -2.30. The largest absolute Gasteiger partial charge is 0.472 e. The van der Waals surface area contributed by atoms with Crippen molar-refractivity contribution in [2.24, 2.45) is 5.92 Å². The first kappa shape index (κ1) is 52.8. The number of unbranched alkanes of at least 4 members (excludes halogenated alkanes) is 8. The highest BCUT2D eigenvalue weighted by Gasteiger charge is 2.28. The molecule has 55 heavy (non-hydrogen) atoms. The van der Waals surface area contributed by atoms with E-state index in [9.17, 15) is 33.5 Å². The summed E-state index contributed by atoms with van der Waals surface area (Å²) in [6.45, 7) is 3.66. The number of rotatable bonds is 36. The summed E-state index contributed by atoms with van der Waals surface area (Å²) >= 11 is 0. The fourth-order valence-corrected chi connectivity index (χ4v) is 5.96. The second-order valence-corrected chi connectivity index (χ2v) is 16.2. The number of phosphoric ester groups is 2. The number of hydrogen-bond acceptors (Lipinski definition) is 11. The molecule has 0 heterocycles. The fraction of sp³-hybridized carbons (Fsp3) is 0.718. The van der Waals surface area contributed by atoms with E-state index < -0.39 is 66.2 Å². The first-order valence-corrected chi connectivity index (χ1v) is 22.7. The van der Waals surface area contributed by atoms with Crippen LogP contribution in [0.1, 0.15) is 136 Å². The molecule has 16 heteroatoms. The van der Waals surface area contributed by atoms with Crippen LogP contribution in [0.4, 0.5) is 0 Å². The lowest BCUT2D eigenvalue weighted by molar-refractivity contribution is -0.161. The zero-order valence-corrected chi connectivity index (χ0v) is 35.0. The van der Waals surface area contributed by atoms with Gasteiger partial charge in [-0.3, -0.25) is 28.0 Å². The van der Waals surface area contributed by atoms with Gasteiger partial charge in [0.25, 0.3) is 0 Å². The number of aliphatic hydroxyl groups is 1. The van der Waals surface area contributed by atoms with Crippen LogP contribution < -0.4 is 0 Å². The minimum Gasteiger partial charge on any atom is -0.462 e. The quantitative estimate of drug-likeness (QED) is 0.0116. The Morgan fingerprint density at radius 3 is 1.96 bits per heavy atom. The monoisotopic (exact) mass is 822 g/mol. The number of phosphoric acid groups is 2. The van der Waals surface area contributed by atoms with E-state index in [2.05, 4.69) is 54.1 Å². The molecule has 0 saturated heterocycles. The molecule has 0 rings (SSSR count). The predicted octanol–water partition coefficient (Wildman–Crippen LogP) is 8.54. The first-order chi connectivity index (χ1) is 26.2. The van der Waals surface area contributed by atoms with Crippen molar-refractivity contribution in [1.82, 2.24) is 0 Å². The van der Waals surface area contributed by atoms with Gasteiger partial charge in [-0.15, -0.1) is 0 Å². The van der Waals surface area contributed by atoms with E-state index >= 15 is 0 Å². The number of aliphatic hydroxyl groups excluding tert-OH is 1. The Kier molecular flexibility index (Phi) is 32.5. The van der Waals surface area contributed by atoms with Crippen LogP contribution in [0, 0.1) is 5.92 Å². The highest BCUT2D eigenvalue weighted by atomic mass is 31.2. The van der Waals surface area contributed by atoms with Crippen molar-refractivity contribution in [2.75, 3.05) is 26.4 Å². The maximum absolute atomic E-state index is 12.6. The maximum atomic E-state index is 12.6. The van der Waals surface area contributed by atoms with Gasteiger partial charge in [-0.1, -0.05) is 121 Å². The van der Waals surface area contributed by atoms with Gasteiger partial charge in [-0.2, -0.15) is 0 Å². The van der Waals surface area contributed by atoms with Crippen LogP contribution in [0.2, 0.25) is 0 Å². The molecule has 0 amide bonds. The lowest BCUT2D eigenvalue weighted by Gasteiger charge is -2.20. The number of esters is 2. The molecule has 14 nitrogen and oxygen atoms in total. The van der Waals surface area contributed by atoms with Gasteiger partial charge in [0.1, 0.15) is 12.7 Å². The summed E-state index contributed by atoms with van der Waals surface area (Å²) in [5, 5.41) is 9.71. The summed E-state index contributed by atoms with van der Waals surface area (Å²) < 4.78 is 47.3. The molecule has 4 N–H and O–H groups in total. The summed E-state index contributed by atoms with van der Waals surface area (Å²) in [4.78, 5) is 64.7. The van der Waals surface area contributed by atoms with Crippen LogP contribution >= 0.6 is 15.6 Å². The van der Waals surface area contributed by atoms with Crippen LogP contribution in [0.5, 0.6) is 0 Å². The molecule has 4 atom stereocenters. The van der Waals surface area contributed by atoms with Crippen molar-refractivity contribution in [1.29, 1.82) is 0 Å². The average molecular weight is 823 g/mol. The van der Waals surface area contributed by atoms with Crippen molar-refractivity contribution >= 4 is 33.4 Å². The third-order valence-corrected chi connectivity index (χ3v) is 9.66. The van der Waals surface area contributed by atoms with E-state index in [0.29, 0.717) is 6.42 Å². The molecule has 0 aliphatic carbocycles. The molecule has 0 fully saturated rings. The molecule has 0 radical (unpaired) electrons. The van der Waals surface area contributed by atoms with E-state index in [0.717, 1.165) is 50.9 Å². The SMILES string of the molecule is CCCCC/C=C\C/C=C\C/C=C\C=C\C(=O)CCCC(=O)O[C@H](COC(=O)CCCCCCCCC(C)CC)COP(=O)(O)OC[C@@H](O)COP(=O)(O)O. The summed E-state index contributed by atoms with van der Waals surface area (Å²) in [5.41, 5.74) is 0. The molecule has 318 valence electrons. The minimum atomic E-state index is -4.89. The maximum Gasteiger partial charge on any atom is 0.472 e. The fourth-order valence-electron chi connectivity index (χ4n) is 4.80. The third kappa shape index (κ3) is 37.1. The second kappa shape index (κ2) is 33.8. The Morgan fingerprint density at radius 1 is 0.655 bits per heavy atom. The molecule has 0 spiro atoms. The second-order valence-electron chi connectivity index (χ2n) is 13.5. The van der Waals surface area contributed by atoms with Gasteiger partial charge < -0.3 is 29.3 Å². The van der Waals surface area contributed by atoms with Crippen molar-refractivity contribution in [3.8, 4) is 0 Å². The van der Waals surface area contributed by atoms with E-state index in [1.807, 2.05) is 6.08 Å². The predicted molar refractivity (Wildman–Crippen MR) is 212 cm³/mol. The smallest absolute Gasteiger partial charge is 0.462 e. The topological polar surface area (TPSA) is 212 Å². The van der Waals surface area contributed by atoms with Gasteiger partial charge in [0.05, 0.1) is 19.8 Å². The number of ether oxygens (including phenoxy) is 2. The molecule has 2 unspecified atom stereocenters. The van der Waals surface area contributed by atoms with Gasteiger partial charge in [-0.05, 0) is 50.5 Å². The van der Waals surface area contributed by atoms with Crippen LogP contribution in [0.3, 0.4) is 0 Å². The number of carbonyl (C=O) groups is 3. The van der Waals surface area contributed by atoms with Gasteiger partial charge in [-0.25, -0.2) is 9.13 Å². The molecule has 0 aromatic heterocycles. The summed E-state index contributed by atoms with van der Waals surface area (Å²) in [6, 6.07) is 0. The Balaban J connectivity index is 4.80. The summed E-state index contributed by atoms with van der Waals surface area (Å²) in [6.07, 6.45) is 27.2. The molecule has 0 aliphatic rings. The standard InChI is InChI=1S/C39H68O14P2/c1-4-6-7-8-9-10-11-12-13-14-15-19-22-26-35(40)27-24-29-39(43)53-37(33-52-55(47,48)51-31-36(41)30-50-54(44,45)46)32-49-38(42)28-23-20-17-16-18-21-25-34(3)5-2/h9-10,12-13,15,19,22,26,34,36-37,41H,4-8,11,14,16-18,20-21,23-25,27-33H2,1-3H3,(H,47,48)(H2,44,45,46)/b10-9-,13-12-,19-15-,26-22+/t34?,36-,37+/m0/s1. The molecule has 0 aliphatic heterocycles. The van der Waals surface area contributed by atoms with Crippen LogP contribution in [0.15, 0.2) is 48.6 Å². The lowest BCUT2D eigenvalue weighted by atomic mass is 10.00. The molecule has 0 bridgehead atoms. The van der Waals surface area contributed by atoms with Crippen molar-refractivity contribution in [3.05, 3.63) is 48.6 Å². The Hall–Kier alpha value is -2.25. The molecular weight excluding hydrogens is 754 g/mol.